The second kappa shape index (κ2) is 7.90. The average molecular weight is 278 g/mol. The van der Waals surface area contributed by atoms with Crippen molar-refractivity contribution in [2.24, 2.45) is 5.73 Å². The molecule has 0 saturated carbocycles. The van der Waals surface area contributed by atoms with Gasteiger partial charge in [0.05, 0.1) is 13.1 Å². The van der Waals surface area contributed by atoms with Crippen LogP contribution >= 0.6 is 0 Å². The van der Waals surface area contributed by atoms with Crippen LogP contribution in [0.2, 0.25) is 0 Å². The molecule has 5 N–H and O–H groups in total. The van der Waals surface area contributed by atoms with Gasteiger partial charge in [-0.3, -0.25) is 14.4 Å². The van der Waals surface area contributed by atoms with Crippen molar-refractivity contribution >= 4 is 29.1 Å². The number of nitrogens with two attached hydrogens (primary N) is 1. The molecule has 0 aliphatic rings. The third kappa shape index (κ3) is 5.49. The summed E-state index contributed by atoms with van der Waals surface area (Å²) in [5.41, 5.74) is 6.33. The lowest BCUT2D eigenvalue weighted by Crippen LogP contribution is -2.36. The van der Waals surface area contributed by atoms with Gasteiger partial charge in [0.1, 0.15) is 0 Å². The number of carbonyl (C=O) groups excluding carboxylic acids is 3. The highest BCUT2D eigenvalue weighted by atomic mass is 16.2. The number of hydrogen-bond donors (Lipinski definition) is 4. The Balaban J connectivity index is 2.46. The highest BCUT2D eigenvalue weighted by molar-refractivity contribution is 5.95. The summed E-state index contributed by atoms with van der Waals surface area (Å²) in [6.07, 6.45) is 0.402. The van der Waals surface area contributed by atoms with Gasteiger partial charge in [0.2, 0.25) is 17.7 Å². The molecule has 0 saturated heterocycles. The van der Waals surface area contributed by atoms with Crippen molar-refractivity contribution in [3.05, 3.63) is 24.3 Å². The fraction of sp³-hybridized carbons (Fsp3) is 0.308. The van der Waals surface area contributed by atoms with Crippen LogP contribution < -0.4 is 21.7 Å². The number of nitrogens with one attached hydrogen (secondary N) is 3. The zero-order chi connectivity index (χ0) is 15.0. The molecule has 0 bridgehead atoms. The van der Waals surface area contributed by atoms with Crippen molar-refractivity contribution in [1.82, 2.24) is 5.32 Å². The molecule has 0 spiro atoms. The lowest BCUT2D eigenvalue weighted by molar-refractivity contribution is -0.123. The van der Waals surface area contributed by atoms with Gasteiger partial charge in [-0.1, -0.05) is 6.92 Å². The van der Waals surface area contributed by atoms with Gasteiger partial charge in [0, 0.05) is 17.8 Å². The summed E-state index contributed by atoms with van der Waals surface area (Å²) in [6, 6.07) is 6.69. The first-order valence-electron chi connectivity index (χ1n) is 6.21. The SMILES string of the molecule is CCC(=O)Nc1ccc(NC(=O)CNC(=O)CN)cc1. The minimum atomic E-state index is -0.391. The van der Waals surface area contributed by atoms with Crippen LogP contribution in [0.1, 0.15) is 13.3 Å². The first-order chi connectivity index (χ1) is 9.55. The highest BCUT2D eigenvalue weighted by Crippen LogP contribution is 2.13. The van der Waals surface area contributed by atoms with E-state index in [4.69, 9.17) is 5.73 Å². The molecule has 3 amide bonds. The summed E-state index contributed by atoms with van der Waals surface area (Å²) in [5, 5.41) is 7.67. The maximum Gasteiger partial charge on any atom is 0.243 e. The van der Waals surface area contributed by atoms with Crippen LogP contribution in [0.4, 0.5) is 11.4 Å². The minimum absolute atomic E-state index is 0.0775. The summed E-state index contributed by atoms with van der Waals surface area (Å²) in [5.74, 6) is -0.818. The smallest absolute Gasteiger partial charge is 0.243 e. The Hall–Kier alpha value is -2.41. The predicted octanol–water partition coefficient (Wildman–Crippen LogP) is 0.0485. The lowest BCUT2D eigenvalue weighted by atomic mass is 10.2. The quantitative estimate of drug-likeness (QED) is 0.588. The second-order valence-electron chi connectivity index (χ2n) is 4.01. The van der Waals surface area contributed by atoms with Gasteiger partial charge in [-0.2, -0.15) is 0 Å². The van der Waals surface area contributed by atoms with Gasteiger partial charge >= 0.3 is 0 Å². The van der Waals surface area contributed by atoms with Crippen molar-refractivity contribution in [2.75, 3.05) is 23.7 Å². The number of anilines is 2. The third-order valence-electron chi connectivity index (χ3n) is 2.41. The van der Waals surface area contributed by atoms with Crippen LogP contribution in [0.25, 0.3) is 0 Å². The molecule has 0 aromatic heterocycles. The van der Waals surface area contributed by atoms with E-state index in [0.29, 0.717) is 17.8 Å². The van der Waals surface area contributed by atoms with Gasteiger partial charge in [0.25, 0.3) is 0 Å². The number of amides is 3. The summed E-state index contributed by atoms with van der Waals surface area (Å²) in [6.45, 7) is 1.48. The Labute approximate surface area is 116 Å². The van der Waals surface area contributed by atoms with Gasteiger partial charge in [0.15, 0.2) is 0 Å². The molecule has 0 fully saturated rings. The Bertz CT molecular complexity index is 485. The topological polar surface area (TPSA) is 113 Å². The van der Waals surface area contributed by atoms with E-state index in [1.54, 1.807) is 31.2 Å². The van der Waals surface area contributed by atoms with Crippen LogP contribution in [0, 0.1) is 0 Å². The molecule has 1 aromatic carbocycles. The van der Waals surface area contributed by atoms with Crippen molar-refractivity contribution in [3.63, 3.8) is 0 Å². The largest absolute Gasteiger partial charge is 0.346 e. The molecule has 0 aliphatic heterocycles. The monoisotopic (exact) mass is 278 g/mol. The second-order valence-corrected chi connectivity index (χ2v) is 4.01. The summed E-state index contributed by atoms with van der Waals surface area (Å²) < 4.78 is 0. The number of carbonyl (C=O) groups is 3. The maximum absolute atomic E-state index is 11.5. The van der Waals surface area contributed by atoms with E-state index in [0.717, 1.165) is 0 Å². The fourth-order valence-electron chi connectivity index (χ4n) is 1.34. The average Bonchev–Trinajstić information content (AvgIpc) is 2.46. The predicted molar refractivity (Wildman–Crippen MR) is 76.1 cm³/mol. The fourth-order valence-corrected chi connectivity index (χ4v) is 1.34. The molecule has 7 heteroatoms. The number of hydrogen-bond acceptors (Lipinski definition) is 4. The molecule has 0 heterocycles. The Morgan fingerprint density at radius 1 is 0.950 bits per heavy atom. The standard InChI is InChI=1S/C13H18N4O3/c1-2-11(18)16-9-3-5-10(6-4-9)17-13(20)8-15-12(19)7-14/h3-6H,2,7-8,14H2,1H3,(H,15,19)(H,16,18)(H,17,20). The van der Waals surface area contributed by atoms with Crippen molar-refractivity contribution in [1.29, 1.82) is 0 Å². The summed E-state index contributed by atoms with van der Waals surface area (Å²) in [7, 11) is 0. The van der Waals surface area contributed by atoms with Crippen molar-refractivity contribution in [2.45, 2.75) is 13.3 Å². The normalized spacial score (nSPS) is 9.70. The lowest BCUT2D eigenvalue weighted by Gasteiger charge is -2.08. The highest BCUT2D eigenvalue weighted by Gasteiger charge is 2.05. The minimum Gasteiger partial charge on any atom is -0.346 e. The van der Waals surface area contributed by atoms with Gasteiger partial charge in [-0.15, -0.1) is 0 Å². The number of rotatable bonds is 6. The van der Waals surface area contributed by atoms with Gasteiger partial charge in [-0.05, 0) is 24.3 Å². The van der Waals surface area contributed by atoms with Crippen LogP contribution in [-0.2, 0) is 14.4 Å². The molecule has 0 atom stereocenters. The van der Waals surface area contributed by atoms with Crippen LogP contribution in [0.15, 0.2) is 24.3 Å². The first-order valence-corrected chi connectivity index (χ1v) is 6.21. The molecule has 1 aromatic rings. The van der Waals surface area contributed by atoms with E-state index < -0.39 is 5.91 Å². The maximum atomic E-state index is 11.5. The van der Waals surface area contributed by atoms with E-state index in [-0.39, 0.29) is 24.9 Å². The van der Waals surface area contributed by atoms with Crippen molar-refractivity contribution in [3.8, 4) is 0 Å². The summed E-state index contributed by atoms with van der Waals surface area (Å²) >= 11 is 0. The summed E-state index contributed by atoms with van der Waals surface area (Å²) in [4.78, 5) is 33.6. The molecular formula is C13H18N4O3. The molecule has 0 unspecified atom stereocenters. The molecule has 7 nitrogen and oxygen atoms in total. The Morgan fingerprint density at radius 3 is 1.90 bits per heavy atom. The van der Waals surface area contributed by atoms with Gasteiger partial charge < -0.3 is 21.7 Å². The molecule has 0 radical (unpaired) electrons. The van der Waals surface area contributed by atoms with E-state index in [1.165, 1.54) is 0 Å². The molecule has 1 rings (SSSR count). The van der Waals surface area contributed by atoms with E-state index in [2.05, 4.69) is 16.0 Å². The molecular weight excluding hydrogens is 260 g/mol. The van der Waals surface area contributed by atoms with Crippen molar-refractivity contribution < 1.29 is 14.4 Å². The van der Waals surface area contributed by atoms with E-state index in [9.17, 15) is 14.4 Å². The third-order valence-corrected chi connectivity index (χ3v) is 2.41. The van der Waals surface area contributed by atoms with E-state index >= 15 is 0 Å². The van der Waals surface area contributed by atoms with Crippen LogP contribution in [0.3, 0.4) is 0 Å². The molecule has 20 heavy (non-hydrogen) atoms. The van der Waals surface area contributed by atoms with E-state index in [1.807, 2.05) is 0 Å². The zero-order valence-corrected chi connectivity index (χ0v) is 11.2. The van der Waals surface area contributed by atoms with Crippen LogP contribution in [0.5, 0.6) is 0 Å². The molecule has 0 aliphatic carbocycles. The Kier molecular flexibility index (Phi) is 6.18. The Morgan fingerprint density at radius 2 is 1.45 bits per heavy atom. The number of benzene rings is 1. The van der Waals surface area contributed by atoms with Gasteiger partial charge in [-0.25, -0.2) is 0 Å². The molecule has 108 valence electrons. The zero-order valence-electron chi connectivity index (χ0n) is 11.2. The van der Waals surface area contributed by atoms with Crippen LogP contribution in [-0.4, -0.2) is 30.8 Å². The first kappa shape index (κ1) is 15.6.